The minimum Gasteiger partial charge on any atom is -0.481 e. The number of carbonyl (C=O) groups excluding carboxylic acids is 2. The Balaban J connectivity index is 2.00. The average molecular weight is 334 g/mol. The fourth-order valence-corrected chi connectivity index (χ4v) is 1.98. The molecular formula is C17H16ClNO4. The van der Waals surface area contributed by atoms with Gasteiger partial charge in [-0.05, 0) is 49.4 Å². The van der Waals surface area contributed by atoms with Gasteiger partial charge in [0.05, 0.1) is 12.7 Å². The van der Waals surface area contributed by atoms with Crippen molar-refractivity contribution >= 4 is 29.2 Å². The van der Waals surface area contributed by atoms with Crippen LogP contribution in [-0.2, 0) is 9.53 Å². The number of halogens is 1. The minimum absolute atomic E-state index is 0.332. The normalized spacial score (nSPS) is 11.4. The number of rotatable bonds is 5. The molecule has 2 rings (SSSR count). The van der Waals surface area contributed by atoms with Gasteiger partial charge in [-0.3, -0.25) is 4.79 Å². The van der Waals surface area contributed by atoms with Gasteiger partial charge in [-0.2, -0.15) is 0 Å². The lowest BCUT2D eigenvalue weighted by molar-refractivity contribution is -0.122. The van der Waals surface area contributed by atoms with E-state index in [1.165, 1.54) is 7.11 Å². The molecule has 0 bridgehead atoms. The monoisotopic (exact) mass is 333 g/mol. The fraction of sp³-hybridized carbons (Fsp3) is 0.176. The van der Waals surface area contributed by atoms with E-state index in [0.717, 1.165) is 0 Å². The van der Waals surface area contributed by atoms with Gasteiger partial charge in [-0.1, -0.05) is 17.7 Å². The standard InChI is InChI=1S/C17H16ClNO4/c1-11(23-15-8-6-13(18)7-9-15)16(20)19-14-5-3-4-12(10-14)17(21)22-2/h3-11H,1-2H3,(H,19,20). The number of amides is 1. The van der Waals surface area contributed by atoms with Crippen molar-refractivity contribution in [3.05, 3.63) is 59.1 Å². The molecule has 2 aromatic carbocycles. The molecule has 6 heteroatoms. The van der Waals surface area contributed by atoms with Crippen LogP contribution in [0.2, 0.25) is 5.02 Å². The minimum atomic E-state index is -0.710. The summed E-state index contributed by atoms with van der Waals surface area (Å²) in [5.74, 6) is -0.256. The van der Waals surface area contributed by atoms with Crippen molar-refractivity contribution in [2.24, 2.45) is 0 Å². The largest absolute Gasteiger partial charge is 0.481 e. The maximum atomic E-state index is 12.2. The van der Waals surface area contributed by atoms with Gasteiger partial charge in [0.15, 0.2) is 6.10 Å². The first-order valence-corrected chi connectivity index (χ1v) is 7.29. The third-order valence-corrected chi connectivity index (χ3v) is 3.30. The van der Waals surface area contributed by atoms with Crippen LogP contribution in [0.15, 0.2) is 48.5 Å². The van der Waals surface area contributed by atoms with Crippen LogP contribution >= 0.6 is 11.6 Å². The summed E-state index contributed by atoms with van der Waals surface area (Å²) in [4.78, 5) is 23.6. The summed E-state index contributed by atoms with van der Waals surface area (Å²) in [5.41, 5.74) is 0.848. The first-order chi connectivity index (χ1) is 11.0. The maximum absolute atomic E-state index is 12.2. The number of esters is 1. The van der Waals surface area contributed by atoms with E-state index in [1.54, 1.807) is 55.5 Å². The molecule has 0 fully saturated rings. The quantitative estimate of drug-likeness (QED) is 0.850. The van der Waals surface area contributed by atoms with Crippen LogP contribution in [0, 0.1) is 0 Å². The van der Waals surface area contributed by atoms with Gasteiger partial charge in [0.25, 0.3) is 5.91 Å². The molecule has 1 unspecified atom stereocenters. The Morgan fingerprint density at radius 1 is 1.13 bits per heavy atom. The second-order valence-electron chi connectivity index (χ2n) is 4.78. The number of nitrogens with one attached hydrogen (secondary N) is 1. The number of carbonyl (C=O) groups is 2. The van der Waals surface area contributed by atoms with Gasteiger partial charge < -0.3 is 14.8 Å². The zero-order valence-corrected chi connectivity index (χ0v) is 13.5. The number of hydrogen-bond donors (Lipinski definition) is 1. The lowest BCUT2D eigenvalue weighted by atomic mass is 10.2. The van der Waals surface area contributed by atoms with Crippen molar-refractivity contribution in [1.29, 1.82) is 0 Å². The SMILES string of the molecule is COC(=O)c1cccc(NC(=O)C(C)Oc2ccc(Cl)cc2)c1. The van der Waals surface area contributed by atoms with E-state index in [9.17, 15) is 9.59 Å². The van der Waals surface area contributed by atoms with E-state index in [-0.39, 0.29) is 5.91 Å². The van der Waals surface area contributed by atoms with Crippen molar-refractivity contribution in [2.45, 2.75) is 13.0 Å². The molecule has 1 atom stereocenters. The lowest BCUT2D eigenvalue weighted by Crippen LogP contribution is -2.30. The summed E-state index contributed by atoms with van der Waals surface area (Å²) in [7, 11) is 1.30. The molecule has 23 heavy (non-hydrogen) atoms. The molecule has 0 aliphatic heterocycles. The molecule has 120 valence electrons. The third kappa shape index (κ3) is 4.72. The van der Waals surface area contributed by atoms with Gasteiger partial charge >= 0.3 is 5.97 Å². The molecule has 0 aromatic heterocycles. The Morgan fingerprint density at radius 2 is 1.83 bits per heavy atom. The van der Waals surface area contributed by atoms with E-state index in [2.05, 4.69) is 10.1 Å². The van der Waals surface area contributed by atoms with E-state index in [4.69, 9.17) is 16.3 Å². The molecule has 0 heterocycles. The van der Waals surface area contributed by atoms with Gasteiger partial charge in [0.2, 0.25) is 0 Å². The highest BCUT2D eigenvalue weighted by atomic mass is 35.5. The molecule has 0 saturated carbocycles. The van der Waals surface area contributed by atoms with Crippen LogP contribution < -0.4 is 10.1 Å². The highest BCUT2D eigenvalue weighted by Gasteiger charge is 2.15. The summed E-state index contributed by atoms with van der Waals surface area (Å²) < 4.78 is 10.2. The fourth-order valence-electron chi connectivity index (χ4n) is 1.86. The van der Waals surface area contributed by atoms with E-state index in [0.29, 0.717) is 22.0 Å². The van der Waals surface area contributed by atoms with Crippen LogP contribution in [0.3, 0.4) is 0 Å². The van der Waals surface area contributed by atoms with Gasteiger partial charge in [0, 0.05) is 10.7 Å². The van der Waals surface area contributed by atoms with E-state index >= 15 is 0 Å². The lowest BCUT2D eigenvalue weighted by Gasteiger charge is -2.15. The van der Waals surface area contributed by atoms with Crippen LogP contribution in [0.5, 0.6) is 5.75 Å². The summed E-state index contributed by atoms with van der Waals surface area (Å²) in [6.45, 7) is 1.63. The Morgan fingerprint density at radius 3 is 2.48 bits per heavy atom. The smallest absolute Gasteiger partial charge is 0.337 e. The number of methoxy groups -OCH3 is 1. The van der Waals surface area contributed by atoms with Crippen molar-refractivity contribution in [1.82, 2.24) is 0 Å². The van der Waals surface area contributed by atoms with Crippen LogP contribution in [-0.4, -0.2) is 25.1 Å². The number of benzene rings is 2. The van der Waals surface area contributed by atoms with Gasteiger partial charge in [0.1, 0.15) is 5.75 Å². The Bertz CT molecular complexity index is 700. The highest BCUT2D eigenvalue weighted by Crippen LogP contribution is 2.18. The molecule has 5 nitrogen and oxygen atoms in total. The molecule has 1 N–H and O–H groups in total. The number of hydrogen-bond acceptors (Lipinski definition) is 4. The maximum Gasteiger partial charge on any atom is 0.337 e. The second-order valence-corrected chi connectivity index (χ2v) is 5.21. The molecule has 0 spiro atoms. The first-order valence-electron chi connectivity index (χ1n) is 6.91. The predicted octanol–water partition coefficient (Wildman–Crippen LogP) is 3.53. The average Bonchev–Trinajstić information content (AvgIpc) is 2.56. The van der Waals surface area contributed by atoms with E-state index in [1.807, 2.05) is 0 Å². The third-order valence-electron chi connectivity index (χ3n) is 3.05. The van der Waals surface area contributed by atoms with Crippen LogP contribution in [0.4, 0.5) is 5.69 Å². The van der Waals surface area contributed by atoms with Crippen molar-refractivity contribution in [2.75, 3.05) is 12.4 Å². The molecule has 0 saturated heterocycles. The molecule has 1 amide bonds. The van der Waals surface area contributed by atoms with Crippen LogP contribution in [0.25, 0.3) is 0 Å². The predicted molar refractivity (Wildman–Crippen MR) is 88.0 cm³/mol. The van der Waals surface area contributed by atoms with Crippen molar-refractivity contribution in [3.63, 3.8) is 0 Å². The zero-order chi connectivity index (χ0) is 16.8. The van der Waals surface area contributed by atoms with Gasteiger partial charge in [-0.15, -0.1) is 0 Å². The second kappa shape index (κ2) is 7.65. The topological polar surface area (TPSA) is 64.6 Å². The summed E-state index contributed by atoms with van der Waals surface area (Å²) in [5, 5.41) is 3.29. The summed E-state index contributed by atoms with van der Waals surface area (Å²) in [6, 6.07) is 13.2. The summed E-state index contributed by atoms with van der Waals surface area (Å²) in [6.07, 6.45) is -0.710. The highest BCUT2D eigenvalue weighted by molar-refractivity contribution is 6.30. The van der Waals surface area contributed by atoms with E-state index < -0.39 is 12.1 Å². The molecule has 2 aromatic rings. The zero-order valence-electron chi connectivity index (χ0n) is 12.7. The van der Waals surface area contributed by atoms with Crippen LogP contribution in [0.1, 0.15) is 17.3 Å². The van der Waals surface area contributed by atoms with Crippen molar-refractivity contribution in [3.8, 4) is 5.75 Å². The van der Waals surface area contributed by atoms with Crippen molar-refractivity contribution < 1.29 is 19.1 Å². The molecule has 0 radical (unpaired) electrons. The molecule has 0 aliphatic rings. The Kier molecular flexibility index (Phi) is 5.60. The molecule has 0 aliphatic carbocycles. The van der Waals surface area contributed by atoms with Gasteiger partial charge in [-0.25, -0.2) is 4.79 Å². The Hall–Kier alpha value is -2.53. The molecular weight excluding hydrogens is 318 g/mol. The summed E-state index contributed by atoms with van der Waals surface area (Å²) >= 11 is 5.80. The number of anilines is 1. The Labute approximate surface area is 139 Å². The first kappa shape index (κ1) is 16.8. The number of ether oxygens (including phenoxy) is 2.